The van der Waals surface area contributed by atoms with E-state index in [1.165, 1.54) is 0 Å². The van der Waals surface area contributed by atoms with Gasteiger partial charge < -0.3 is 14.8 Å². The van der Waals surface area contributed by atoms with Crippen LogP contribution in [0.15, 0.2) is 0 Å². The SMILES string of the molecule is CC(C)(C)OC(=O)N[C@@H](CCCSS(=O)(=O)Cl)C(=O)OC(C)(C)C. The summed E-state index contributed by atoms with van der Waals surface area (Å²) < 4.78 is 32.2. The molecule has 10 heteroatoms. The normalized spacial score (nSPS) is 14.0. The fraction of sp³-hybridized carbons (Fsp3) is 0.857. The number of carbonyl (C=O) groups excluding carboxylic acids is 2. The molecular weight excluding hydrogens is 378 g/mol. The van der Waals surface area contributed by atoms with Crippen LogP contribution < -0.4 is 5.32 Å². The maximum atomic E-state index is 12.2. The molecule has 0 spiro atoms. The van der Waals surface area contributed by atoms with Crippen molar-refractivity contribution in [3.8, 4) is 0 Å². The Kier molecular flexibility index (Phi) is 8.89. The number of nitrogens with one attached hydrogen (secondary N) is 1. The first-order valence-electron chi connectivity index (χ1n) is 7.40. The molecule has 0 aliphatic carbocycles. The van der Waals surface area contributed by atoms with Gasteiger partial charge >= 0.3 is 12.1 Å². The number of rotatable bonds is 7. The van der Waals surface area contributed by atoms with Gasteiger partial charge in [0.2, 0.25) is 0 Å². The van der Waals surface area contributed by atoms with E-state index in [4.69, 9.17) is 20.2 Å². The van der Waals surface area contributed by atoms with E-state index in [1.54, 1.807) is 41.5 Å². The van der Waals surface area contributed by atoms with Crippen LogP contribution in [-0.2, 0) is 22.4 Å². The molecule has 0 rings (SSSR count). The van der Waals surface area contributed by atoms with E-state index < -0.39 is 37.4 Å². The van der Waals surface area contributed by atoms with Crippen molar-refractivity contribution in [2.75, 3.05) is 5.75 Å². The van der Waals surface area contributed by atoms with Gasteiger partial charge in [0, 0.05) is 16.4 Å². The van der Waals surface area contributed by atoms with Gasteiger partial charge in [0.1, 0.15) is 17.2 Å². The van der Waals surface area contributed by atoms with Crippen LogP contribution >= 0.6 is 21.5 Å². The summed E-state index contributed by atoms with van der Waals surface area (Å²) in [6.07, 6.45) is -0.194. The van der Waals surface area contributed by atoms with Crippen molar-refractivity contribution in [1.29, 1.82) is 0 Å². The zero-order valence-corrected chi connectivity index (χ0v) is 17.2. The van der Waals surface area contributed by atoms with Crippen LogP contribution in [0.25, 0.3) is 0 Å². The number of hydrogen-bond donors (Lipinski definition) is 1. The van der Waals surface area contributed by atoms with Gasteiger partial charge in [-0.3, -0.25) is 0 Å². The molecule has 1 amide bonds. The molecule has 24 heavy (non-hydrogen) atoms. The smallest absolute Gasteiger partial charge is 0.408 e. The van der Waals surface area contributed by atoms with Crippen molar-refractivity contribution < 1.29 is 27.5 Å². The Balaban J connectivity index is 4.77. The van der Waals surface area contributed by atoms with Gasteiger partial charge in [-0.25, -0.2) is 18.0 Å². The minimum atomic E-state index is -3.66. The third kappa shape index (κ3) is 13.7. The summed E-state index contributed by atoms with van der Waals surface area (Å²) in [5, 5.41) is 2.47. The molecule has 7 nitrogen and oxygen atoms in total. The van der Waals surface area contributed by atoms with E-state index in [2.05, 4.69) is 5.32 Å². The van der Waals surface area contributed by atoms with Crippen LogP contribution in [0.4, 0.5) is 4.79 Å². The Morgan fingerprint density at radius 3 is 2.00 bits per heavy atom. The molecule has 0 aromatic rings. The molecule has 0 heterocycles. The summed E-state index contributed by atoms with van der Waals surface area (Å²) in [7, 11) is 2.02. The summed E-state index contributed by atoms with van der Waals surface area (Å²) in [5.74, 6) is -0.409. The second-order valence-electron chi connectivity index (χ2n) is 7.09. The van der Waals surface area contributed by atoms with E-state index in [0.29, 0.717) is 17.2 Å². The average molecular weight is 404 g/mol. The predicted octanol–water partition coefficient (Wildman–Crippen LogP) is 3.22. The number of esters is 1. The Labute approximate surface area is 152 Å². The summed E-state index contributed by atoms with van der Waals surface area (Å²) >= 11 is 0. The molecule has 0 unspecified atom stereocenters. The molecule has 0 aliphatic rings. The van der Waals surface area contributed by atoms with Crippen LogP contribution in [0.2, 0.25) is 0 Å². The zero-order valence-electron chi connectivity index (χ0n) is 14.8. The largest absolute Gasteiger partial charge is 0.458 e. The second kappa shape index (κ2) is 9.15. The lowest BCUT2D eigenvalue weighted by Gasteiger charge is -2.26. The monoisotopic (exact) mass is 403 g/mol. The summed E-state index contributed by atoms with van der Waals surface area (Å²) in [6.45, 7) is 10.3. The standard InChI is InChI=1S/C14H26ClNO6S2/c1-13(2,3)21-11(17)10(8-7-9-23-24(15,19)20)16-12(18)22-14(4,5)6/h10H,7-9H2,1-6H3,(H,16,18)/t10-/m0/s1. The van der Waals surface area contributed by atoms with Gasteiger partial charge in [-0.15, -0.1) is 0 Å². The van der Waals surface area contributed by atoms with Crippen LogP contribution in [0.5, 0.6) is 0 Å². The average Bonchev–Trinajstić information content (AvgIpc) is 2.26. The molecule has 0 fully saturated rings. The molecule has 0 saturated heterocycles. The highest BCUT2D eigenvalue weighted by molar-refractivity contribution is 8.80. The van der Waals surface area contributed by atoms with E-state index >= 15 is 0 Å². The fourth-order valence-corrected chi connectivity index (χ4v) is 3.52. The highest BCUT2D eigenvalue weighted by atomic mass is 35.8. The molecule has 1 N–H and O–H groups in total. The lowest BCUT2D eigenvalue weighted by molar-refractivity contribution is -0.157. The fourth-order valence-electron chi connectivity index (χ4n) is 1.52. The highest BCUT2D eigenvalue weighted by Gasteiger charge is 2.28. The highest BCUT2D eigenvalue weighted by Crippen LogP contribution is 2.19. The first kappa shape index (κ1) is 23.3. The van der Waals surface area contributed by atoms with Crippen molar-refractivity contribution in [3.63, 3.8) is 0 Å². The summed E-state index contributed by atoms with van der Waals surface area (Å²) in [6, 6.07) is -0.933. The summed E-state index contributed by atoms with van der Waals surface area (Å²) in [4.78, 5) is 24.1. The Morgan fingerprint density at radius 1 is 1.08 bits per heavy atom. The van der Waals surface area contributed by atoms with Gasteiger partial charge in [0.05, 0.1) is 0 Å². The lowest BCUT2D eigenvalue weighted by atomic mass is 10.1. The zero-order chi connectivity index (χ0) is 19.2. The van der Waals surface area contributed by atoms with E-state index in [1.807, 2.05) is 0 Å². The van der Waals surface area contributed by atoms with Gasteiger partial charge in [-0.05, 0) is 65.2 Å². The minimum Gasteiger partial charge on any atom is -0.458 e. The Bertz CT molecular complexity index is 536. The van der Waals surface area contributed by atoms with Crippen molar-refractivity contribution in [1.82, 2.24) is 5.32 Å². The quantitative estimate of drug-likeness (QED) is 0.301. The molecule has 0 radical (unpaired) electrons. The molecule has 0 aromatic heterocycles. The third-order valence-corrected chi connectivity index (χ3v) is 5.13. The van der Waals surface area contributed by atoms with Crippen molar-refractivity contribution in [2.45, 2.75) is 71.6 Å². The lowest BCUT2D eigenvalue weighted by Crippen LogP contribution is -2.46. The molecule has 0 saturated carbocycles. The maximum Gasteiger partial charge on any atom is 0.408 e. The van der Waals surface area contributed by atoms with Crippen LogP contribution in [0.1, 0.15) is 54.4 Å². The molecule has 0 bridgehead atoms. The van der Waals surface area contributed by atoms with Gasteiger partial charge in [0.15, 0.2) is 0 Å². The number of carbonyl (C=O) groups is 2. The number of halogens is 1. The Hall–Kier alpha value is -0.670. The first-order chi connectivity index (χ1) is 10.6. The second-order valence-corrected chi connectivity index (χ2v) is 12.3. The van der Waals surface area contributed by atoms with Crippen LogP contribution in [0, 0.1) is 0 Å². The number of hydrogen-bond acceptors (Lipinski definition) is 7. The van der Waals surface area contributed by atoms with Crippen molar-refractivity contribution >= 4 is 41.6 Å². The molecule has 0 aliphatic heterocycles. The van der Waals surface area contributed by atoms with E-state index in [0.717, 1.165) is 0 Å². The number of alkyl carbamates (subject to hydrolysis) is 1. The number of ether oxygens (including phenoxy) is 2. The molecular formula is C14H26ClNO6S2. The predicted molar refractivity (Wildman–Crippen MR) is 95.5 cm³/mol. The van der Waals surface area contributed by atoms with Crippen molar-refractivity contribution in [2.24, 2.45) is 0 Å². The Morgan fingerprint density at radius 2 is 1.58 bits per heavy atom. The summed E-state index contributed by atoms with van der Waals surface area (Å²) in [5.41, 5.74) is -1.41. The molecule has 0 aromatic carbocycles. The maximum absolute atomic E-state index is 12.2. The molecule has 1 atom stereocenters. The topological polar surface area (TPSA) is 98.8 Å². The van der Waals surface area contributed by atoms with Gasteiger partial charge in [0.25, 0.3) is 8.08 Å². The van der Waals surface area contributed by atoms with Crippen molar-refractivity contribution in [3.05, 3.63) is 0 Å². The molecule has 142 valence electrons. The third-order valence-electron chi connectivity index (χ3n) is 2.24. The van der Waals surface area contributed by atoms with Crippen LogP contribution in [0.3, 0.4) is 0 Å². The van der Waals surface area contributed by atoms with Crippen LogP contribution in [-0.4, -0.2) is 43.5 Å². The van der Waals surface area contributed by atoms with E-state index in [9.17, 15) is 18.0 Å². The number of amides is 1. The minimum absolute atomic E-state index is 0.196. The van der Waals surface area contributed by atoms with Gasteiger partial charge in [-0.1, -0.05) is 0 Å². The van der Waals surface area contributed by atoms with Gasteiger partial charge in [-0.2, -0.15) is 0 Å². The first-order valence-corrected chi connectivity index (χ1v) is 11.2. The van der Waals surface area contributed by atoms with E-state index in [-0.39, 0.29) is 12.2 Å².